The van der Waals surface area contributed by atoms with Crippen LogP contribution in [0, 0.1) is 11.8 Å². The zero-order valence-electron chi connectivity index (χ0n) is 9.85. The highest BCUT2D eigenvalue weighted by molar-refractivity contribution is 8.00. The smallest absolute Gasteiger partial charge is 0.307 e. The number of carboxylic acids is 1. The fourth-order valence-electron chi connectivity index (χ4n) is 2.72. The van der Waals surface area contributed by atoms with E-state index in [9.17, 15) is 9.59 Å². The Balaban J connectivity index is 1.80. The van der Waals surface area contributed by atoms with Gasteiger partial charge in [0.2, 0.25) is 5.91 Å². The summed E-state index contributed by atoms with van der Waals surface area (Å²) in [6.07, 6.45) is 4.61. The van der Waals surface area contributed by atoms with Crippen LogP contribution in [0.1, 0.15) is 32.1 Å². The zero-order chi connectivity index (χ0) is 12.3. The highest BCUT2D eigenvalue weighted by Crippen LogP contribution is 2.32. The van der Waals surface area contributed by atoms with Gasteiger partial charge in [0, 0.05) is 11.8 Å². The predicted octanol–water partition coefficient (Wildman–Crippen LogP) is 1.50. The third-order valence-electron chi connectivity index (χ3n) is 3.70. The van der Waals surface area contributed by atoms with Crippen LogP contribution in [0.5, 0.6) is 0 Å². The molecule has 4 nitrogen and oxygen atoms in total. The van der Waals surface area contributed by atoms with Crippen LogP contribution in [-0.2, 0) is 9.59 Å². The first kappa shape index (κ1) is 12.7. The Labute approximate surface area is 106 Å². The van der Waals surface area contributed by atoms with E-state index < -0.39 is 11.9 Å². The van der Waals surface area contributed by atoms with Crippen molar-refractivity contribution in [3.63, 3.8) is 0 Å². The lowest BCUT2D eigenvalue weighted by molar-refractivity contribution is -0.146. The van der Waals surface area contributed by atoms with E-state index in [0.717, 1.165) is 19.3 Å². The van der Waals surface area contributed by atoms with Crippen LogP contribution >= 0.6 is 11.8 Å². The predicted molar refractivity (Wildman–Crippen MR) is 67.0 cm³/mol. The Bertz CT molecular complexity index is 302. The molecule has 0 radical (unpaired) electrons. The number of carboxylic acid groups (broad SMARTS) is 1. The second kappa shape index (κ2) is 5.76. The van der Waals surface area contributed by atoms with Gasteiger partial charge < -0.3 is 10.4 Å². The van der Waals surface area contributed by atoms with Crippen LogP contribution in [0.4, 0.5) is 0 Å². The maximum absolute atomic E-state index is 11.9. The molecule has 2 N–H and O–H groups in total. The van der Waals surface area contributed by atoms with E-state index in [2.05, 4.69) is 5.32 Å². The zero-order valence-corrected chi connectivity index (χ0v) is 10.7. The van der Waals surface area contributed by atoms with E-state index in [1.807, 2.05) is 11.8 Å². The van der Waals surface area contributed by atoms with Crippen molar-refractivity contribution in [2.24, 2.45) is 11.8 Å². The summed E-state index contributed by atoms with van der Waals surface area (Å²) in [4.78, 5) is 22.9. The fraction of sp³-hybridized carbons (Fsp3) is 0.833. The van der Waals surface area contributed by atoms with Gasteiger partial charge in [-0.05, 0) is 31.4 Å². The fourth-order valence-corrected chi connectivity index (χ4v) is 3.92. The van der Waals surface area contributed by atoms with Gasteiger partial charge in [-0.3, -0.25) is 9.59 Å². The number of hydrogen-bond acceptors (Lipinski definition) is 3. The van der Waals surface area contributed by atoms with Gasteiger partial charge >= 0.3 is 5.97 Å². The van der Waals surface area contributed by atoms with Gasteiger partial charge in [-0.25, -0.2) is 0 Å². The molecular formula is C12H19NO3S. The lowest BCUT2D eigenvalue weighted by Gasteiger charge is -2.17. The van der Waals surface area contributed by atoms with Crippen molar-refractivity contribution in [3.8, 4) is 0 Å². The van der Waals surface area contributed by atoms with E-state index in [0.29, 0.717) is 18.2 Å². The van der Waals surface area contributed by atoms with Crippen LogP contribution in [0.3, 0.4) is 0 Å². The summed E-state index contributed by atoms with van der Waals surface area (Å²) in [5.74, 6) is -0.465. The summed E-state index contributed by atoms with van der Waals surface area (Å²) < 4.78 is 0. The molecule has 1 aliphatic heterocycles. The summed E-state index contributed by atoms with van der Waals surface area (Å²) in [5.41, 5.74) is 0. The highest BCUT2D eigenvalue weighted by atomic mass is 32.2. The Morgan fingerprint density at radius 1 is 1.18 bits per heavy atom. The number of carbonyl (C=O) groups is 2. The minimum absolute atomic E-state index is 0.0533. The first-order chi connectivity index (χ1) is 8.18. The van der Waals surface area contributed by atoms with Crippen molar-refractivity contribution in [2.45, 2.75) is 37.4 Å². The first-order valence-electron chi connectivity index (χ1n) is 6.30. The molecule has 0 spiro atoms. The number of aliphatic carboxylic acids is 1. The molecule has 96 valence electrons. The van der Waals surface area contributed by atoms with E-state index in [1.165, 1.54) is 12.2 Å². The molecule has 3 atom stereocenters. The minimum Gasteiger partial charge on any atom is -0.481 e. The van der Waals surface area contributed by atoms with Gasteiger partial charge in [0.15, 0.2) is 0 Å². The average Bonchev–Trinajstić information content (AvgIpc) is 2.96. The summed E-state index contributed by atoms with van der Waals surface area (Å²) in [6, 6.07) is 0. The van der Waals surface area contributed by atoms with Crippen LogP contribution < -0.4 is 5.32 Å². The number of nitrogens with one attached hydrogen (secondary N) is 1. The van der Waals surface area contributed by atoms with E-state index >= 15 is 0 Å². The van der Waals surface area contributed by atoms with E-state index in [4.69, 9.17) is 5.11 Å². The highest BCUT2D eigenvalue weighted by Gasteiger charge is 2.37. The number of amides is 1. The lowest BCUT2D eigenvalue weighted by Crippen LogP contribution is -2.38. The normalized spacial score (nSPS) is 32.6. The maximum Gasteiger partial charge on any atom is 0.307 e. The quantitative estimate of drug-likeness (QED) is 0.801. The molecule has 0 aromatic rings. The van der Waals surface area contributed by atoms with Crippen molar-refractivity contribution in [1.29, 1.82) is 0 Å². The van der Waals surface area contributed by atoms with Gasteiger partial charge in [-0.2, -0.15) is 11.8 Å². The average molecular weight is 257 g/mol. The molecule has 0 aromatic heterocycles. The number of carbonyl (C=O) groups excluding carboxylic acids is 1. The molecule has 1 aliphatic carbocycles. The second-order valence-electron chi connectivity index (χ2n) is 4.86. The molecule has 5 heteroatoms. The number of rotatable bonds is 4. The molecule has 2 rings (SSSR count). The Kier molecular flexibility index (Phi) is 4.31. The molecule has 2 fully saturated rings. The molecule has 1 saturated carbocycles. The van der Waals surface area contributed by atoms with Crippen molar-refractivity contribution in [2.75, 3.05) is 12.3 Å². The molecule has 0 bridgehead atoms. The van der Waals surface area contributed by atoms with Crippen LogP contribution in [-0.4, -0.2) is 34.5 Å². The van der Waals surface area contributed by atoms with Crippen molar-refractivity contribution >= 4 is 23.6 Å². The Morgan fingerprint density at radius 3 is 2.59 bits per heavy atom. The Morgan fingerprint density at radius 2 is 1.94 bits per heavy atom. The van der Waals surface area contributed by atoms with Crippen molar-refractivity contribution < 1.29 is 14.7 Å². The van der Waals surface area contributed by atoms with Gasteiger partial charge in [0.1, 0.15) is 0 Å². The molecule has 2 aliphatic rings. The summed E-state index contributed by atoms with van der Waals surface area (Å²) >= 11 is 1.90. The monoisotopic (exact) mass is 257 g/mol. The third kappa shape index (κ3) is 3.15. The van der Waals surface area contributed by atoms with Gasteiger partial charge in [0.05, 0.1) is 11.8 Å². The molecule has 17 heavy (non-hydrogen) atoms. The SMILES string of the molecule is O=C(O)C1CCCC1C(=O)NCC1CCCS1. The number of thioether (sulfide) groups is 1. The molecule has 1 saturated heterocycles. The second-order valence-corrected chi connectivity index (χ2v) is 6.27. The number of hydrogen-bond donors (Lipinski definition) is 2. The van der Waals surface area contributed by atoms with Crippen molar-refractivity contribution in [3.05, 3.63) is 0 Å². The standard InChI is InChI=1S/C12H19NO3S/c14-11(13-7-8-3-2-6-17-8)9-4-1-5-10(9)12(15)16/h8-10H,1-7H2,(H,13,14)(H,15,16). The lowest BCUT2D eigenvalue weighted by atomic mass is 9.95. The maximum atomic E-state index is 11.9. The van der Waals surface area contributed by atoms with Crippen LogP contribution in [0.15, 0.2) is 0 Å². The van der Waals surface area contributed by atoms with Gasteiger partial charge in [-0.1, -0.05) is 6.42 Å². The minimum atomic E-state index is -0.821. The van der Waals surface area contributed by atoms with Gasteiger partial charge in [0.25, 0.3) is 0 Å². The van der Waals surface area contributed by atoms with Crippen LogP contribution in [0.2, 0.25) is 0 Å². The third-order valence-corrected chi connectivity index (χ3v) is 5.10. The molecule has 3 unspecified atom stereocenters. The largest absolute Gasteiger partial charge is 0.481 e. The van der Waals surface area contributed by atoms with E-state index in [-0.39, 0.29) is 11.8 Å². The van der Waals surface area contributed by atoms with E-state index in [1.54, 1.807) is 0 Å². The molecule has 0 aromatic carbocycles. The Hall–Kier alpha value is -0.710. The first-order valence-corrected chi connectivity index (χ1v) is 7.35. The molecule has 1 heterocycles. The topological polar surface area (TPSA) is 66.4 Å². The summed E-state index contributed by atoms with van der Waals surface area (Å²) in [7, 11) is 0. The molecular weight excluding hydrogens is 238 g/mol. The molecule has 1 amide bonds. The van der Waals surface area contributed by atoms with Crippen LogP contribution in [0.25, 0.3) is 0 Å². The summed E-state index contributed by atoms with van der Waals surface area (Å²) in [6.45, 7) is 0.701. The van der Waals surface area contributed by atoms with Crippen molar-refractivity contribution in [1.82, 2.24) is 5.32 Å². The van der Waals surface area contributed by atoms with Gasteiger partial charge in [-0.15, -0.1) is 0 Å². The summed E-state index contributed by atoms with van der Waals surface area (Å²) in [5, 5.41) is 12.5.